The zero-order valence-corrected chi connectivity index (χ0v) is 12.7. The number of carbonyl (C=O) groups is 1. The van der Waals surface area contributed by atoms with E-state index >= 15 is 0 Å². The first-order valence-electron chi connectivity index (χ1n) is 8.03. The standard InChI is InChI=1S/C15H25N5O/c1-12-4-8-19(9-5-12)15(21)18-13-10-17-20(11-13)14-2-6-16-7-3-14/h10-12,14,16H,2-9H2,1H3,(H,18,21). The predicted molar refractivity (Wildman–Crippen MR) is 82.4 cm³/mol. The van der Waals surface area contributed by atoms with E-state index in [9.17, 15) is 4.79 Å². The van der Waals surface area contributed by atoms with Gasteiger partial charge in [-0.2, -0.15) is 5.10 Å². The van der Waals surface area contributed by atoms with Crippen molar-refractivity contribution in [1.82, 2.24) is 20.0 Å². The predicted octanol–water partition coefficient (Wildman–Crippen LogP) is 2.07. The van der Waals surface area contributed by atoms with Crippen LogP contribution in [0.15, 0.2) is 12.4 Å². The Balaban J connectivity index is 1.55. The number of carbonyl (C=O) groups excluding carboxylic acids is 1. The second-order valence-electron chi connectivity index (χ2n) is 6.29. The van der Waals surface area contributed by atoms with E-state index in [-0.39, 0.29) is 6.03 Å². The summed E-state index contributed by atoms with van der Waals surface area (Å²) in [6.45, 7) is 6.04. The summed E-state index contributed by atoms with van der Waals surface area (Å²) in [6, 6.07) is 0.458. The van der Waals surface area contributed by atoms with E-state index in [1.807, 2.05) is 15.8 Å². The summed E-state index contributed by atoms with van der Waals surface area (Å²) in [5.41, 5.74) is 0.803. The summed E-state index contributed by atoms with van der Waals surface area (Å²) in [5, 5.41) is 10.7. The fourth-order valence-corrected chi connectivity index (χ4v) is 3.09. The third-order valence-electron chi connectivity index (χ3n) is 4.61. The molecule has 0 saturated carbocycles. The van der Waals surface area contributed by atoms with Crippen molar-refractivity contribution in [3.63, 3.8) is 0 Å². The number of anilines is 1. The van der Waals surface area contributed by atoms with Crippen LogP contribution >= 0.6 is 0 Å². The average Bonchev–Trinajstić information content (AvgIpc) is 2.97. The molecule has 0 atom stereocenters. The molecule has 3 heterocycles. The van der Waals surface area contributed by atoms with Crippen molar-refractivity contribution in [3.05, 3.63) is 12.4 Å². The molecule has 0 bridgehead atoms. The molecule has 6 heteroatoms. The molecule has 2 aliphatic heterocycles. The molecule has 2 fully saturated rings. The lowest BCUT2D eigenvalue weighted by Crippen LogP contribution is -2.40. The molecule has 0 radical (unpaired) electrons. The molecule has 0 aromatic carbocycles. The highest BCUT2D eigenvalue weighted by Gasteiger charge is 2.21. The van der Waals surface area contributed by atoms with E-state index in [0.717, 1.165) is 63.5 Å². The molecule has 1 aromatic rings. The molecule has 0 unspecified atom stereocenters. The largest absolute Gasteiger partial charge is 0.325 e. The van der Waals surface area contributed by atoms with Gasteiger partial charge in [0, 0.05) is 19.3 Å². The van der Waals surface area contributed by atoms with Gasteiger partial charge >= 0.3 is 6.03 Å². The van der Waals surface area contributed by atoms with Gasteiger partial charge < -0.3 is 15.5 Å². The van der Waals surface area contributed by atoms with Crippen molar-refractivity contribution in [2.45, 2.75) is 38.6 Å². The highest BCUT2D eigenvalue weighted by molar-refractivity contribution is 5.89. The first-order chi connectivity index (χ1) is 10.2. The Morgan fingerprint density at radius 2 is 2.00 bits per heavy atom. The van der Waals surface area contributed by atoms with Crippen molar-refractivity contribution in [3.8, 4) is 0 Å². The van der Waals surface area contributed by atoms with E-state index in [1.165, 1.54) is 0 Å². The van der Waals surface area contributed by atoms with Crippen molar-refractivity contribution in [2.24, 2.45) is 5.92 Å². The molecule has 0 aliphatic carbocycles. The Labute approximate surface area is 125 Å². The van der Waals surface area contributed by atoms with Crippen LogP contribution in [0.3, 0.4) is 0 Å². The van der Waals surface area contributed by atoms with Crippen molar-refractivity contribution in [2.75, 3.05) is 31.5 Å². The van der Waals surface area contributed by atoms with Crippen LogP contribution in [0.1, 0.15) is 38.6 Å². The third-order valence-corrected chi connectivity index (χ3v) is 4.61. The minimum Gasteiger partial charge on any atom is -0.325 e. The molecule has 3 rings (SSSR count). The van der Waals surface area contributed by atoms with Crippen LogP contribution in [0.25, 0.3) is 0 Å². The zero-order chi connectivity index (χ0) is 14.7. The summed E-state index contributed by atoms with van der Waals surface area (Å²) in [6.07, 6.45) is 8.11. The van der Waals surface area contributed by atoms with E-state index < -0.39 is 0 Å². The molecular weight excluding hydrogens is 266 g/mol. The monoisotopic (exact) mass is 291 g/mol. The van der Waals surface area contributed by atoms with Crippen LogP contribution in [0.5, 0.6) is 0 Å². The van der Waals surface area contributed by atoms with Crippen LogP contribution in [-0.2, 0) is 0 Å². The van der Waals surface area contributed by atoms with Gasteiger partial charge in [0.15, 0.2) is 0 Å². The van der Waals surface area contributed by atoms with E-state index in [1.54, 1.807) is 6.20 Å². The fraction of sp³-hybridized carbons (Fsp3) is 0.733. The molecule has 2 amide bonds. The maximum atomic E-state index is 12.2. The maximum Gasteiger partial charge on any atom is 0.321 e. The fourth-order valence-electron chi connectivity index (χ4n) is 3.09. The van der Waals surface area contributed by atoms with E-state index in [0.29, 0.717) is 6.04 Å². The molecule has 2 aliphatic rings. The van der Waals surface area contributed by atoms with Gasteiger partial charge in [0.1, 0.15) is 0 Å². The minimum atomic E-state index is 0.00626. The summed E-state index contributed by atoms with van der Waals surface area (Å²) < 4.78 is 1.99. The molecule has 2 saturated heterocycles. The number of urea groups is 1. The summed E-state index contributed by atoms with van der Waals surface area (Å²) >= 11 is 0. The lowest BCUT2D eigenvalue weighted by atomic mass is 10.00. The number of amides is 2. The van der Waals surface area contributed by atoms with Crippen molar-refractivity contribution >= 4 is 11.7 Å². The zero-order valence-electron chi connectivity index (χ0n) is 12.7. The Bertz CT molecular complexity index is 472. The molecule has 2 N–H and O–H groups in total. The summed E-state index contributed by atoms with van der Waals surface area (Å²) in [4.78, 5) is 14.1. The Hall–Kier alpha value is -1.56. The van der Waals surface area contributed by atoms with Gasteiger partial charge in [0.2, 0.25) is 0 Å². The van der Waals surface area contributed by atoms with Crippen LogP contribution < -0.4 is 10.6 Å². The van der Waals surface area contributed by atoms with Crippen molar-refractivity contribution < 1.29 is 4.79 Å². The van der Waals surface area contributed by atoms with Crippen LogP contribution in [0.4, 0.5) is 10.5 Å². The van der Waals surface area contributed by atoms with Crippen LogP contribution in [-0.4, -0.2) is 46.9 Å². The molecule has 6 nitrogen and oxygen atoms in total. The molecule has 116 valence electrons. The first kappa shape index (κ1) is 14.4. The normalized spacial score (nSPS) is 21.5. The first-order valence-corrected chi connectivity index (χ1v) is 8.03. The number of rotatable bonds is 2. The Kier molecular flexibility index (Phi) is 4.43. The van der Waals surface area contributed by atoms with Gasteiger partial charge in [0.25, 0.3) is 0 Å². The highest BCUT2D eigenvalue weighted by atomic mass is 16.2. The number of piperidine rings is 2. The van der Waals surface area contributed by atoms with Gasteiger partial charge in [-0.1, -0.05) is 6.92 Å². The smallest absolute Gasteiger partial charge is 0.321 e. The number of likely N-dealkylation sites (tertiary alicyclic amines) is 1. The van der Waals surface area contributed by atoms with Crippen LogP contribution in [0.2, 0.25) is 0 Å². The van der Waals surface area contributed by atoms with Crippen molar-refractivity contribution in [1.29, 1.82) is 0 Å². The Morgan fingerprint density at radius 3 is 2.71 bits per heavy atom. The van der Waals surface area contributed by atoms with E-state index in [4.69, 9.17) is 0 Å². The van der Waals surface area contributed by atoms with Gasteiger partial charge in [0.05, 0.1) is 17.9 Å². The molecule has 0 spiro atoms. The number of nitrogens with one attached hydrogen (secondary N) is 2. The lowest BCUT2D eigenvalue weighted by molar-refractivity contribution is 0.186. The Morgan fingerprint density at radius 1 is 1.29 bits per heavy atom. The second-order valence-corrected chi connectivity index (χ2v) is 6.29. The topological polar surface area (TPSA) is 62.2 Å². The summed E-state index contributed by atoms with van der Waals surface area (Å²) in [7, 11) is 0. The third kappa shape index (κ3) is 3.56. The number of nitrogens with zero attached hydrogens (tertiary/aromatic N) is 3. The van der Waals surface area contributed by atoms with Crippen LogP contribution in [0, 0.1) is 5.92 Å². The highest BCUT2D eigenvalue weighted by Crippen LogP contribution is 2.20. The lowest BCUT2D eigenvalue weighted by Gasteiger charge is -2.30. The summed E-state index contributed by atoms with van der Waals surface area (Å²) in [5.74, 6) is 0.733. The molecular formula is C15H25N5O. The molecule has 1 aromatic heterocycles. The minimum absolute atomic E-state index is 0.00626. The van der Waals surface area contributed by atoms with E-state index in [2.05, 4.69) is 22.7 Å². The van der Waals surface area contributed by atoms with Gasteiger partial charge in [-0.05, 0) is 44.7 Å². The number of hydrogen-bond acceptors (Lipinski definition) is 3. The maximum absolute atomic E-state index is 12.2. The quantitative estimate of drug-likeness (QED) is 0.877. The van der Waals surface area contributed by atoms with Gasteiger partial charge in [-0.25, -0.2) is 4.79 Å². The SMILES string of the molecule is CC1CCN(C(=O)Nc2cnn(C3CCNCC3)c2)CC1. The number of hydrogen-bond donors (Lipinski definition) is 2. The molecule has 21 heavy (non-hydrogen) atoms. The average molecular weight is 291 g/mol. The van der Waals surface area contributed by atoms with Gasteiger partial charge in [-0.3, -0.25) is 4.68 Å². The number of aromatic nitrogens is 2. The second kappa shape index (κ2) is 6.47. The van der Waals surface area contributed by atoms with Gasteiger partial charge in [-0.15, -0.1) is 0 Å².